The van der Waals surface area contributed by atoms with E-state index in [9.17, 15) is 13.2 Å². The fourth-order valence-corrected chi connectivity index (χ4v) is 1.84. The van der Waals surface area contributed by atoms with Gasteiger partial charge in [-0.2, -0.15) is 0 Å². The van der Waals surface area contributed by atoms with Crippen LogP contribution in [0, 0.1) is 17.5 Å². The Kier molecular flexibility index (Phi) is 3.83. The smallest absolute Gasteiger partial charge is 0.177 e. The van der Waals surface area contributed by atoms with Crippen molar-refractivity contribution < 1.29 is 17.9 Å². The molecule has 0 N–H and O–H groups in total. The molecule has 2 rings (SSSR count). The van der Waals surface area contributed by atoms with Gasteiger partial charge in [-0.15, -0.1) is 0 Å². The molecule has 0 amide bonds. The molecule has 19 heavy (non-hydrogen) atoms. The SMILES string of the molecule is CB(C)c1c(F)cc(Oc2cccc(F)c2)cc1F. The van der Waals surface area contributed by atoms with Crippen LogP contribution >= 0.6 is 0 Å². The summed E-state index contributed by atoms with van der Waals surface area (Å²) in [5, 5.41) is 0. The molecule has 0 saturated heterocycles. The van der Waals surface area contributed by atoms with E-state index in [0.717, 1.165) is 18.2 Å². The zero-order chi connectivity index (χ0) is 14.0. The van der Waals surface area contributed by atoms with Gasteiger partial charge in [0.1, 0.15) is 29.0 Å². The van der Waals surface area contributed by atoms with Crippen LogP contribution in [0.15, 0.2) is 36.4 Å². The second-order valence-corrected chi connectivity index (χ2v) is 4.51. The standard InChI is InChI=1S/C14H12BF3O/c1-15(2)14-12(17)7-11(8-13(14)18)19-10-5-3-4-9(16)6-10/h3-8H,1-2H3. The fraction of sp³-hybridized carbons (Fsp3) is 0.143. The van der Waals surface area contributed by atoms with E-state index in [0.29, 0.717) is 0 Å². The molecule has 0 aromatic heterocycles. The summed E-state index contributed by atoms with van der Waals surface area (Å²) in [4.78, 5) is 0. The van der Waals surface area contributed by atoms with E-state index in [2.05, 4.69) is 0 Å². The molecule has 0 aliphatic rings. The predicted molar refractivity (Wildman–Crippen MR) is 69.9 cm³/mol. The number of benzene rings is 2. The summed E-state index contributed by atoms with van der Waals surface area (Å²) in [5.74, 6) is -1.61. The Hall–Kier alpha value is -1.91. The van der Waals surface area contributed by atoms with E-state index in [1.165, 1.54) is 18.2 Å². The third-order valence-electron chi connectivity index (χ3n) is 2.66. The lowest BCUT2D eigenvalue weighted by Gasteiger charge is -2.10. The maximum atomic E-state index is 13.7. The normalized spacial score (nSPS) is 10.4. The van der Waals surface area contributed by atoms with Crippen molar-refractivity contribution in [3.05, 3.63) is 53.8 Å². The molecular weight excluding hydrogens is 252 g/mol. The van der Waals surface area contributed by atoms with Crippen molar-refractivity contribution in [3.63, 3.8) is 0 Å². The molecule has 0 radical (unpaired) electrons. The first-order chi connectivity index (χ1) is 8.97. The highest BCUT2D eigenvalue weighted by atomic mass is 19.1. The zero-order valence-electron chi connectivity index (χ0n) is 10.6. The Labute approximate surface area is 110 Å². The van der Waals surface area contributed by atoms with Gasteiger partial charge in [0.05, 0.1) is 0 Å². The molecule has 0 unspecified atom stereocenters. The van der Waals surface area contributed by atoms with Crippen molar-refractivity contribution in [2.75, 3.05) is 0 Å². The maximum Gasteiger partial charge on any atom is 0.177 e. The molecular formula is C14H12BF3O. The lowest BCUT2D eigenvalue weighted by Crippen LogP contribution is -2.29. The van der Waals surface area contributed by atoms with Gasteiger partial charge in [-0.05, 0) is 17.6 Å². The van der Waals surface area contributed by atoms with Crippen molar-refractivity contribution in [3.8, 4) is 11.5 Å². The topological polar surface area (TPSA) is 9.23 Å². The zero-order valence-corrected chi connectivity index (χ0v) is 10.6. The van der Waals surface area contributed by atoms with Crippen LogP contribution in [0.4, 0.5) is 13.2 Å². The Balaban J connectivity index is 2.32. The van der Waals surface area contributed by atoms with Crippen LogP contribution < -0.4 is 10.2 Å². The minimum Gasteiger partial charge on any atom is -0.457 e. The Morgan fingerprint density at radius 2 is 1.53 bits per heavy atom. The van der Waals surface area contributed by atoms with Crippen LogP contribution in [0.1, 0.15) is 0 Å². The average molecular weight is 264 g/mol. The van der Waals surface area contributed by atoms with Gasteiger partial charge in [0, 0.05) is 18.2 Å². The van der Waals surface area contributed by atoms with E-state index < -0.39 is 17.5 Å². The van der Waals surface area contributed by atoms with E-state index in [-0.39, 0.29) is 23.7 Å². The Morgan fingerprint density at radius 3 is 2.05 bits per heavy atom. The highest BCUT2D eigenvalue weighted by molar-refractivity contribution is 6.70. The minimum atomic E-state index is -0.665. The third-order valence-corrected chi connectivity index (χ3v) is 2.66. The average Bonchev–Trinajstić information content (AvgIpc) is 2.27. The van der Waals surface area contributed by atoms with Crippen molar-refractivity contribution in [2.45, 2.75) is 13.6 Å². The first-order valence-corrected chi connectivity index (χ1v) is 5.89. The molecule has 2 aromatic carbocycles. The van der Waals surface area contributed by atoms with Gasteiger partial charge in [-0.3, -0.25) is 0 Å². The lowest BCUT2D eigenvalue weighted by molar-refractivity contribution is 0.465. The number of halogens is 3. The lowest BCUT2D eigenvalue weighted by atomic mass is 9.49. The van der Waals surface area contributed by atoms with Gasteiger partial charge in [0.15, 0.2) is 6.71 Å². The highest BCUT2D eigenvalue weighted by Crippen LogP contribution is 2.23. The monoisotopic (exact) mass is 264 g/mol. The first-order valence-electron chi connectivity index (χ1n) is 5.89. The number of rotatable bonds is 3. The second kappa shape index (κ2) is 5.39. The van der Waals surface area contributed by atoms with Gasteiger partial charge in [-0.1, -0.05) is 19.7 Å². The summed E-state index contributed by atoms with van der Waals surface area (Å²) >= 11 is 0. The molecule has 2 aromatic rings. The van der Waals surface area contributed by atoms with Crippen molar-refractivity contribution >= 4 is 12.2 Å². The molecule has 0 aliphatic heterocycles. The molecule has 0 saturated carbocycles. The van der Waals surface area contributed by atoms with Crippen molar-refractivity contribution in [1.82, 2.24) is 0 Å². The van der Waals surface area contributed by atoms with Gasteiger partial charge in [0.2, 0.25) is 0 Å². The summed E-state index contributed by atoms with van der Waals surface area (Å²) in [7, 11) is 0. The molecule has 5 heteroatoms. The quantitative estimate of drug-likeness (QED) is 0.765. The van der Waals surface area contributed by atoms with Gasteiger partial charge in [-0.25, -0.2) is 13.2 Å². The summed E-state index contributed by atoms with van der Waals surface area (Å²) in [6, 6.07) is 7.57. The van der Waals surface area contributed by atoms with E-state index in [1.807, 2.05) is 0 Å². The fourth-order valence-electron chi connectivity index (χ4n) is 1.84. The van der Waals surface area contributed by atoms with Gasteiger partial charge < -0.3 is 4.74 Å². The minimum absolute atomic E-state index is 0.00463. The largest absolute Gasteiger partial charge is 0.457 e. The maximum absolute atomic E-state index is 13.7. The van der Waals surface area contributed by atoms with Gasteiger partial charge in [0.25, 0.3) is 0 Å². The summed E-state index contributed by atoms with van der Waals surface area (Å²) in [6.07, 6.45) is 0. The third kappa shape index (κ3) is 3.10. The van der Waals surface area contributed by atoms with Crippen LogP contribution in [-0.2, 0) is 0 Å². The molecule has 0 bridgehead atoms. The van der Waals surface area contributed by atoms with Crippen LogP contribution in [-0.4, -0.2) is 6.71 Å². The van der Waals surface area contributed by atoms with Crippen LogP contribution in [0.2, 0.25) is 13.6 Å². The molecule has 0 heterocycles. The van der Waals surface area contributed by atoms with Gasteiger partial charge >= 0.3 is 0 Å². The summed E-state index contributed by atoms with van der Waals surface area (Å²) in [5.41, 5.74) is 0.0200. The number of hydrogen-bond donors (Lipinski definition) is 0. The molecule has 1 nitrogen and oxygen atoms in total. The van der Waals surface area contributed by atoms with E-state index in [1.54, 1.807) is 13.6 Å². The summed E-state index contributed by atoms with van der Waals surface area (Å²) in [6.45, 7) is 3.15. The van der Waals surface area contributed by atoms with Crippen LogP contribution in [0.3, 0.4) is 0 Å². The van der Waals surface area contributed by atoms with Crippen molar-refractivity contribution in [2.24, 2.45) is 0 Å². The molecule has 0 fully saturated rings. The van der Waals surface area contributed by atoms with E-state index in [4.69, 9.17) is 4.74 Å². The second-order valence-electron chi connectivity index (χ2n) is 4.51. The molecule has 0 aliphatic carbocycles. The van der Waals surface area contributed by atoms with Crippen LogP contribution in [0.25, 0.3) is 0 Å². The molecule has 98 valence electrons. The molecule has 0 spiro atoms. The summed E-state index contributed by atoms with van der Waals surface area (Å²) < 4.78 is 45.7. The highest BCUT2D eigenvalue weighted by Gasteiger charge is 2.17. The molecule has 0 atom stereocenters. The predicted octanol–water partition coefficient (Wildman–Crippen LogP) is 3.86. The first kappa shape index (κ1) is 13.5. The van der Waals surface area contributed by atoms with Crippen molar-refractivity contribution in [1.29, 1.82) is 0 Å². The van der Waals surface area contributed by atoms with E-state index >= 15 is 0 Å². The number of hydrogen-bond acceptors (Lipinski definition) is 1. The van der Waals surface area contributed by atoms with Crippen LogP contribution in [0.5, 0.6) is 11.5 Å². The Morgan fingerprint density at radius 1 is 0.895 bits per heavy atom. The Bertz CT molecular complexity index is 576. The number of ether oxygens (including phenoxy) is 1.